The van der Waals surface area contributed by atoms with Crippen molar-refractivity contribution >= 4 is 21.6 Å². The van der Waals surface area contributed by atoms with Gasteiger partial charge in [-0.1, -0.05) is 11.6 Å². The average Bonchev–Trinajstić information content (AvgIpc) is 2.78. The molecule has 0 spiro atoms. The molecular weight excluding hydrogens is 296 g/mol. The Labute approximate surface area is 114 Å². The lowest BCUT2D eigenvalue weighted by Gasteiger charge is -2.20. The predicted molar refractivity (Wildman–Crippen MR) is 67.6 cm³/mol. The van der Waals surface area contributed by atoms with Crippen LogP contribution < -0.4 is 10.3 Å². The van der Waals surface area contributed by atoms with Crippen molar-refractivity contribution in [3.05, 3.63) is 27.6 Å². The van der Waals surface area contributed by atoms with E-state index in [1.165, 1.54) is 0 Å². The number of ether oxygens (including phenoxy) is 1. The molecule has 0 amide bonds. The molecule has 1 aromatic heterocycles. The molecule has 1 fully saturated rings. The van der Waals surface area contributed by atoms with E-state index in [1.54, 1.807) is 0 Å². The van der Waals surface area contributed by atoms with E-state index in [-0.39, 0.29) is 23.1 Å². The topological polar surface area (TPSA) is 108 Å². The summed E-state index contributed by atoms with van der Waals surface area (Å²) in [5.41, 5.74) is -1.76. The third-order valence-electron chi connectivity index (χ3n) is 2.82. The van der Waals surface area contributed by atoms with E-state index in [9.17, 15) is 18.3 Å². The van der Waals surface area contributed by atoms with E-state index in [1.807, 2.05) is 0 Å². The second-order valence-corrected chi connectivity index (χ2v) is 6.54. The maximum atomic E-state index is 12.0. The van der Waals surface area contributed by atoms with Crippen molar-refractivity contribution in [1.82, 2.24) is 9.71 Å². The highest BCUT2D eigenvalue weighted by Gasteiger charge is 2.33. The molecule has 0 saturated carbocycles. The number of hydrogen-bond donors (Lipinski definition) is 3. The van der Waals surface area contributed by atoms with Crippen LogP contribution in [0.1, 0.15) is 6.42 Å². The molecule has 106 valence electrons. The zero-order valence-electron chi connectivity index (χ0n) is 9.85. The minimum absolute atomic E-state index is 0.0852. The van der Waals surface area contributed by atoms with Crippen molar-refractivity contribution in [2.45, 2.75) is 16.9 Å². The van der Waals surface area contributed by atoms with Crippen molar-refractivity contribution in [3.8, 4) is 0 Å². The molecule has 1 aliphatic heterocycles. The van der Waals surface area contributed by atoms with Gasteiger partial charge >= 0.3 is 0 Å². The van der Waals surface area contributed by atoms with Crippen LogP contribution in [0.3, 0.4) is 0 Å². The maximum absolute atomic E-state index is 12.0. The number of pyridine rings is 1. The number of aliphatic hydroxyl groups is 1. The Morgan fingerprint density at radius 1 is 1.58 bits per heavy atom. The van der Waals surface area contributed by atoms with Gasteiger partial charge in [0.2, 0.25) is 10.0 Å². The number of aromatic nitrogens is 1. The van der Waals surface area contributed by atoms with Crippen LogP contribution in [0.25, 0.3) is 0 Å². The summed E-state index contributed by atoms with van der Waals surface area (Å²) < 4.78 is 31.2. The average molecular weight is 309 g/mol. The zero-order chi connectivity index (χ0) is 14.1. The van der Waals surface area contributed by atoms with Crippen molar-refractivity contribution in [1.29, 1.82) is 0 Å². The highest BCUT2D eigenvalue weighted by molar-refractivity contribution is 7.89. The van der Waals surface area contributed by atoms with Crippen LogP contribution in [0, 0.1) is 0 Å². The number of rotatable bonds is 4. The number of nitrogens with one attached hydrogen (secondary N) is 2. The molecule has 0 aromatic carbocycles. The largest absolute Gasteiger partial charge is 0.386 e. The van der Waals surface area contributed by atoms with Crippen LogP contribution in [0.2, 0.25) is 5.02 Å². The number of halogens is 1. The van der Waals surface area contributed by atoms with Gasteiger partial charge in [-0.15, -0.1) is 0 Å². The minimum Gasteiger partial charge on any atom is -0.386 e. The second-order valence-electron chi connectivity index (χ2n) is 4.36. The lowest BCUT2D eigenvalue weighted by atomic mass is 10.1. The molecular formula is C10H13ClN2O5S. The highest BCUT2D eigenvalue weighted by atomic mass is 35.5. The fraction of sp³-hybridized carbons (Fsp3) is 0.500. The van der Waals surface area contributed by atoms with Gasteiger partial charge in [-0.2, -0.15) is 0 Å². The molecule has 1 aromatic rings. The Kier molecular flexibility index (Phi) is 3.98. The van der Waals surface area contributed by atoms with Crippen LogP contribution in [-0.2, 0) is 14.8 Å². The first kappa shape index (κ1) is 14.5. The molecule has 9 heteroatoms. The van der Waals surface area contributed by atoms with Gasteiger partial charge in [0.1, 0.15) is 10.6 Å². The van der Waals surface area contributed by atoms with E-state index in [4.69, 9.17) is 16.3 Å². The summed E-state index contributed by atoms with van der Waals surface area (Å²) in [6.45, 7) is 0.316. The van der Waals surface area contributed by atoms with Crippen LogP contribution in [0.4, 0.5) is 0 Å². The fourth-order valence-corrected chi connectivity index (χ4v) is 2.99. The first-order valence-electron chi connectivity index (χ1n) is 5.50. The van der Waals surface area contributed by atoms with Gasteiger partial charge in [-0.3, -0.25) is 4.79 Å². The summed E-state index contributed by atoms with van der Waals surface area (Å²) >= 11 is 5.57. The molecule has 1 saturated heterocycles. The molecule has 1 unspecified atom stereocenters. The highest BCUT2D eigenvalue weighted by Crippen LogP contribution is 2.18. The SMILES string of the molecule is O=c1[nH]cc(S(=O)(=O)NCC2(O)CCOC2)cc1Cl. The lowest BCUT2D eigenvalue weighted by molar-refractivity contribution is 0.0314. The van der Waals surface area contributed by atoms with Crippen LogP contribution >= 0.6 is 11.6 Å². The molecule has 1 aliphatic rings. The van der Waals surface area contributed by atoms with Crippen LogP contribution in [-0.4, -0.2) is 43.9 Å². The summed E-state index contributed by atoms with van der Waals surface area (Å²) in [6, 6.07) is 1.05. The summed E-state index contributed by atoms with van der Waals surface area (Å²) in [6.07, 6.45) is 1.41. The van der Waals surface area contributed by atoms with Gasteiger partial charge in [0, 0.05) is 25.8 Å². The van der Waals surface area contributed by atoms with E-state index >= 15 is 0 Å². The zero-order valence-corrected chi connectivity index (χ0v) is 11.4. The van der Waals surface area contributed by atoms with Crippen LogP contribution in [0.15, 0.2) is 22.0 Å². The molecule has 2 rings (SSSR count). The molecule has 19 heavy (non-hydrogen) atoms. The minimum atomic E-state index is -3.85. The fourth-order valence-electron chi connectivity index (χ4n) is 1.64. The van der Waals surface area contributed by atoms with E-state index in [0.717, 1.165) is 12.3 Å². The van der Waals surface area contributed by atoms with E-state index in [2.05, 4.69) is 9.71 Å². The molecule has 3 N–H and O–H groups in total. The lowest BCUT2D eigenvalue weighted by Crippen LogP contribution is -2.43. The normalized spacial score (nSPS) is 23.7. The third kappa shape index (κ3) is 3.34. The second kappa shape index (κ2) is 5.22. The predicted octanol–water partition coefficient (Wildman–Crippen LogP) is -0.542. The Hall–Kier alpha value is -0.930. The van der Waals surface area contributed by atoms with Gasteiger partial charge in [-0.25, -0.2) is 13.1 Å². The summed E-state index contributed by atoms with van der Waals surface area (Å²) in [7, 11) is -3.85. The standard InChI is InChI=1S/C10H13ClN2O5S/c11-8-3-7(4-12-9(8)14)19(16,17)13-5-10(15)1-2-18-6-10/h3-4,13,15H,1-2,5-6H2,(H,12,14). The molecule has 0 aliphatic carbocycles. The molecule has 0 radical (unpaired) electrons. The number of sulfonamides is 1. The van der Waals surface area contributed by atoms with Crippen molar-refractivity contribution in [2.24, 2.45) is 0 Å². The Morgan fingerprint density at radius 3 is 2.89 bits per heavy atom. The first-order chi connectivity index (χ1) is 8.82. The van der Waals surface area contributed by atoms with Crippen LogP contribution in [0.5, 0.6) is 0 Å². The van der Waals surface area contributed by atoms with Crippen molar-refractivity contribution in [2.75, 3.05) is 19.8 Å². The summed E-state index contributed by atoms with van der Waals surface area (Å²) in [5.74, 6) is 0. The molecule has 1 atom stereocenters. The van der Waals surface area contributed by atoms with Gasteiger partial charge in [0.15, 0.2) is 0 Å². The van der Waals surface area contributed by atoms with Gasteiger partial charge in [0.05, 0.1) is 11.5 Å². The molecule has 2 heterocycles. The Morgan fingerprint density at radius 2 is 2.32 bits per heavy atom. The van der Waals surface area contributed by atoms with Crippen molar-refractivity contribution in [3.63, 3.8) is 0 Å². The number of H-pyrrole nitrogens is 1. The number of hydrogen-bond acceptors (Lipinski definition) is 5. The number of aromatic amines is 1. The first-order valence-corrected chi connectivity index (χ1v) is 7.37. The molecule has 0 bridgehead atoms. The van der Waals surface area contributed by atoms with Gasteiger partial charge < -0.3 is 14.8 Å². The molecule has 7 nitrogen and oxygen atoms in total. The van der Waals surface area contributed by atoms with E-state index in [0.29, 0.717) is 13.0 Å². The smallest absolute Gasteiger partial charge is 0.266 e. The van der Waals surface area contributed by atoms with Crippen molar-refractivity contribution < 1.29 is 18.3 Å². The quantitative estimate of drug-likeness (QED) is 0.692. The van der Waals surface area contributed by atoms with Gasteiger partial charge in [0.25, 0.3) is 5.56 Å². The summed E-state index contributed by atoms with van der Waals surface area (Å²) in [4.78, 5) is 13.1. The summed E-state index contributed by atoms with van der Waals surface area (Å²) in [5, 5.41) is 9.75. The van der Waals surface area contributed by atoms with E-state index < -0.39 is 21.2 Å². The van der Waals surface area contributed by atoms with Gasteiger partial charge in [-0.05, 0) is 6.07 Å². The third-order valence-corrected chi connectivity index (χ3v) is 4.48. The Balaban J connectivity index is 2.13. The monoisotopic (exact) mass is 308 g/mol. The maximum Gasteiger partial charge on any atom is 0.266 e. The Bertz CT molecular complexity index is 621.